The Bertz CT molecular complexity index is 1110. The van der Waals surface area contributed by atoms with Crippen LogP contribution in [0.2, 0.25) is 0 Å². The van der Waals surface area contributed by atoms with Gasteiger partial charge >= 0.3 is 0 Å². The number of aromatic amines is 1. The van der Waals surface area contributed by atoms with Gasteiger partial charge in [0.05, 0.1) is 17.8 Å². The van der Waals surface area contributed by atoms with Gasteiger partial charge in [-0.2, -0.15) is 5.10 Å². The van der Waals surface area contributed by atoms with E-state index >= 15 is 0 Å². The van der Waals surface area contributed by atoms with Crippen LogP contribution in [0.25, 0.3) is 10.9 Å². The lowest BCUT2D eigenvalue weighted by atomic mass is 9.95. The Kier molecular flexibility index (Phi) is 3.54. The van der Waals surface area contributed by atoms with Crippen LogP contribution in [0.15, 0.2) is 47.7 Å². The zero-order valence-corrected chi connectivity index (χ0v) is 14.4. The van der Waals surface area contributed by atoms with Crippen molar-refractivity contribution in [3.63, 3.8) is 0 Å². The lowest BCUT2D eigenvalue weighted by Gasteiger charge is -2.25. The van der Waals surface area contributed by atoms with Gasteiger partial charge in [-0.3, -0.25) is 9.59 Å². The van der Waals surface area contributed by atoms with E-state index in [0.717, 1.165) is 16.5 Å². The molecule has 0 radical (unpaired) electrons. The summed E-state index contributed by atoms with van der Waals surface area (Å²) < 4.78 is 0. The number of fused-ring (bicyclic) bond motifs is 1. The van der Waals surface area contributed by atoms with E-state index in [-0.39, 0.29) is 17.9 Å². The molecule has 0 fully saturated rings. The van der Waals surface area contributed by atoms with Crippen LogP contribution in [0, 0.1) is 0 Å². The molecule has 7 heteroatoms. The number of nitrogens with one attached hydrogen (secondary N) is 4. The third-order valence-corrected chi connectivity index (χ3v) is 5.09. The van der Waals surface area contributed by atoms with Crippen molar-refractivity contribution in [1.82, 2.24) is 15.7 Å². The molecule has 27 heavy (non-hydrogen) atoms. The predicted octanol–water partition coefficient (Wildman–Crippen LogP) is 1.90. The fourth-order valence-corrected chi connectivity index (χ4v) is 3.74. The van der Waals surface area contributed by atoms with Gasteiger partial charge in [0.15, 0.2) is 0 Å². The SMILES string of the molecule is O=C1NN=Cc2c[nH]c3cc(NC(=O)[C@H]4Cc5ccccc5CN4)cc1c23. The highest BCUT2D eigenvalue weighted by Crippen LogP contribution is 2.27. The number of nitrogens with zero attached hydrogens (tertiary/aromatic N) is 1. The second-order valence-corrected chi connectivity index (χ2v) is 6.79. The summed E-state index contributed by atoms with van der Waals surface area (Å²) in [5, 5.41) is 10.9. The first-order valence-corrected chi connectivity index (χ1v) is 8.78. The highest BCUT2D eigenvalue weighted by molar-refractivity contribution is 6.15. The van der Waals surface area contributed by atoms with Crippen LogP contribution in [0.5, 0.6) is 0 Å². The van der Waals surface area contributed by atoms with E-state index in [9.17, 15) is 9.59 Å². The molecule has 134 valence electrons. The van der Waals surface area contributed by atoms with Crippen molar-refractivity contribution < 1.29 is 9.59 Å². The van der Waals surface area contributed by atoms with Crippen molar-refractivity contribution in [2.45, 2.75) is 19.0 Å². The van der Waals surface area contributed by atoms with Gasteiger partial charge in [0.25, 0.3) is 5.91 Å². The zero-order chi connectivity index (χ0) is 18.4. The van der Waals surface area contributed by atoms with Gasteiger partial charge in [-0.05, 0) is 29.7 Å². The minimum absolute atomic E-state index is 0.117. The highest BCUT2D eigenvalue weighted by Gasteiger charge is 2.25. The number of hydrogen-bond acceptors (Lipinski definition) is 4. The van der Waals surface area contributed by atoms with Gasteiger partial charge < -0.3 is 15.6 Å². The molecule has 3 aromatic rings. The maximum atomic E-state index is 12.8. The Morgan fingerprint density at radius 3 is 2.93 bits per heavy atom. The summed E-state index contributed by atoms with van der Waals surface area (Å²) in [6, 6.07) is 11.3. The molecule has 5 rings (SSSR count). The molecule has 2 amide bonds. The molecule has 2 aliphatic rings. The first-order valence-electron chi connectivity index (χ1n) is 8.78. The molecule has 0 unspecified atom stereocenters. The monoisotopic (exact) mass is 359 g/mol. The van der Waals surface area contributed by atoms with Gasteiger partial charge in [-0.25, -0.2) is 5.43 Å². The number of anilines is 1. The molecule has 1 atom stereocenters. The van der Waals surface area contributed by atoms with Crippen molar-refractivity contribution in [2.24, 2.45) is 5.10 Å². The number of amides is 2. The van der Waals surface area contributed by atoms with Crippen LogP contribution in [0.4, 0.5) is 5.69 Å². The van der Waals surface area contributed by atoms with Crippen LogP contribution >= 0.6 is 0 Å². The fourth-order valence-electron chi connectivity index (χ4n) is 3.74. The number of rotatable bonds is 2. The van der Waals surface area contributed by atoms with Gasteiger partial charge in [0.2, 0.25) is 5.91 Å². The molecule has 7 nitrogen and oxygen atoms in total. The summed E-state index contributed by atoms with van der Waals surface area (Å²) in [6.07, 6.45) is 4.04. The summed E-state index contributed by atoms with van der Waals surface area (Å²) in [5.41, 5.74) is 7.57. The van der Waals surface area contributed by atoms with Crippen molar-refractivity contribution >= 4 is 34.6 Å². The fraction of sp³-hybridized carbons (Fsp3) is 0.150. The number of benzene rings is 2. The number of H-pyrrole nitrogens is 1. The van der Waals surface area contributed by atoms with E-state index in [1.54, 1.807) is 18.5 Å². The smallest absolute Gasteiger partial charge is 0.272 e. The number of hydrazone groups is 1. The lowest BCUT2D eigenvalue weighted by molar-refractivity contribution is -0.118. The minimum Gasteiger partial charge on any atom is -0.360 e. The van der Waals surface area contributed by atoms with E-state index in [0.29, 0.717) is 24.2 Å². The molecule has 0 aliphatic carbocycles. The van der Waals surface area contributed by atoms with Gasteiger partial charge in [-0.1, -0.05) is 24.3 Å². The van der Waals surface area contributed by atoms with Crippen LogP contribution in [0.3, 0.4) is 0 Å². The average Bonchev–Trinajstić information content (AvgIpc) is 3.02. The van der Waals surface area contributed by atoms with Crippen LogP contribution in [0.1, 0.15) is 27.0 Å². The predicted molar refractivity (Wildman–Crippen MR) is 103 cm³/mol. The standard InChI is InChI=1S/C20H17N5O2/c26-19-15-6-14(7-16-18(15)13(9-21-16)10-23-25-19)24-20(27)17-5-11-3-1-2-4-12(11)8-22-17/h1-4,6-7,9-10,17,21-22H,5,8H2,(H,24,27)(H,25,26)/t17-/m1/s1. The number of hydrogen-bond donors (Lipinski definition) is 4. The quantitative estimate of drug-likeness (QED) is 0.562. The van der Waals surface area contributed by atoms with E-state index in [2.05, 4.69) is 38.3 Å². The normalized spacial score (nSPS) is 17.9. The van der Waals surface area contributed by atoms with Crippen molar-refractivity contribution in [1.29, 1.82) is 0 Å². The molecule has 2 aliphatic heterocycles. The molecular weight excluding hydrogens is 342 g/mol. The summed E-state index contributed by atoms with van der Waals surface area (Å²) in [6.45, 7) is 0.665. The van der Waals surface area contributed by atoms with Gasteiger partial charge in [-0.15, -0.1) is 0 Å². The third kappa shape index (κ3) is 2.69. The summed E-state index contributed by atoms with van der Waals surface area (Å²) >= 11 is 0. The molecule has 0 saturated heterocycles. The Balaban J connectivity index is 1.43. The van der Waals surface area contributed by atoms with Crippen LogP contribution in [-0.4, -0.2) is 29.1 Å². The topological polar surface area (TPSA) is 98.4 Å². The van der Waals surface area contributed by atoms with E-state index < -0.39 is 0 Å². The lowest BCUT2D eigenvalue weighted by Crippen LogP contribution is -2.44. The average molecular weight is 359 g/mol. The Morgan fingerprint density at radius 1 is 1.19 bits per heavy atom. The second kappa shape index (κ2) is 6.07. The maximum absolute atomic E-state index is 12.8. The van der Waals surface area contributed by atoms with Gasteiger partial charge in [0, 0.05) is 34.9 Å². The first-order chi connectivity index (χ1) is 13.2. The summed E-state index contributed by atoms with van der Waals surface area (Å²) in [4.78, 5) is 28.2. The van der Waals surface area contributed by atoms with Crippen LogP contribution in [-0.2, 0) is 17.8 Å². The Labute approximate surface area is 154 Å². The molecule has 0 saturated carbocycles. The molecular formula is C20H17N5O2. The second-order valence-electron chi connectivity index (χ2n) is 6.79. The Hall–Kier alpha value is -3.45. The summed E-state index contributed by atoms with van der Waals surface area (Å²) in [5.74, 6) is -0.413. The molecule has 4 N–H and O–H groups in total. The number of carbonyl (C=O) groups excluding carboxylic acids is 2. The zero-order valence-electron chi connectivity index (χ0n) is 14.4. The van der Waals surface area contributed by atoms with Crippen LogP contribution < -0.4 is 16.1 Å². The first kappa shape index (κ1) is 15.8. The molecule has 1 aromatic heterocycles. The number of aromatic nitrogens is 1. The molecule has 0 spiro atoms. The molecule has 2 aromatic carbocycles. The highest BCUT2D eigenvalue weighted by atomic mass is 16.2. The van der Waals surface area contributed by atoms with Crippen molar-refractivity contribution in [3.05, 3.63) is 64.8 Å². The maximum Gasteiger partial charge on any atom is 0.272 e. The van der Waals surface area contributed by atoms with E-state index in [1.807, 2.05) is 18.2 Å². The Morgan fingerprint density at radius 2 is 2.04 bits per heavy atom. The number of carbonyl (C=O) groups is 2. The third-order valence-electron chi connectivity index (χ3n) is 5.09. The molecule has 0 bridgehead atoms. The summed E-state index contributed by atoms with van der Waals surface area (Å²) in [7, 11) is 0. The minimum atomic E-state index is -0.314. The largest absolute Gasteiger partial charge is 0.360 e. The van der Waals surface area contributed by atoms with Crippen molar-refractivity contribution in [3.8, 4) is 0 Å². The van der Waals surface area contributed by atoms with E-state index in [1.165, 1.54) is 11.1 Å². The molecule has 3 heterocycles. The van der Waals surface area contributed by atoms with Crippen molar-refractivity contribution in [2.75, 3.05) is 5.32 Å². The van der Waals surface area contributed by atoms with E-state index in [4.69, 9.17) is 0 Å². The van der Waals surface area contributed by atoms with Gasteiger partial charge in [0.1, 0.15) is 0 Å².